The molecule has 6 rings (SSSR count). The van der Waals surface area contributed by atoms with Crippen LogP contribution in [0.1, 0.15) is 96.2 Å². The predicted molar refractivity (Wildman–Crippen MR) is 129 cm³/mol. The van der Waals surface area contributed by atoms with Crippen LogP contribution in [0.25, 0.3) is 0 Å². The number of fused-ring (bicyclic) bond motifs is 2. The second kappa shape index (κ2) is 8.54. The van der Waals surface area contributed by atoms with Crippen molar-refractivity contribution in [2.24, 2.45) is 5.41 Å². The van der Waals surface area contributed by atoms with E-state index in [0.717, 1.165) is 37.4 Å². The van der Waals surface area contributed by atoms with Crippen LogP contribution >= 0.6 is 0 Å². The van der Waals surface area contributed by atoms with Gasteiger partial charge in [-0.1, -0.05) is 26.0 Å². The molecule has 3 aliphatic heterocycles. The van der Waals surface area contributed by atoms with Crippen LogP contribution in [0.5, 0.6) is 0 Å². The number of β-amino-alcohol motifs (C(OH)–C–C–N with tert-alkyl or cyclic N) is 1. The van der Waals surface area contributed by atoms with Gasteiger partial charge in [-0.25, -0.2) is 4.68 Å². The summed E-state index contributed by atoms with van der Waals surface area (Å²) in [4.78, 5) is 31.7. The number of nitrogens with zero attached hydrogens (tertiary/aromatic N) is 5. The van der Waals surface area contributed by atoms with E-state index in [1.54, 1.807) is 9.58 Å². The molecular weight excluding hydrogens is 444 g/mol. The zero-order chi connectivity index (χ0) is 24.5. The van der Waals surface area contributed by atoms with Crippen LogP contribution in [0.15, 0.2) is 6.20 Å². The number of nitrogens with one attached hydrogen (secondary N) is 1. The first-order chi connectivity index (χ1) is 16.7. The third-order valence-electron chi connectivity index (χ3n) is 8.81. The fourth-order valence-corrected chi connectivity index (χ4v) is 6.92. The van der Waals surface area contributed by atoms with Gasteiger partial charge in [-0.3, -0.25) is 14.5 Å². The van der Waals surface area contributed by atoms with Crippen LogP contribution < -0.4 is 5.32 Å². The molecule has 5 atom stereocenters. The van der Waals surface area contributed by atoms with Gasteiger partial charge >= 0.3 is 0 Å². The zero-order valence-corrected chi connectivity index (χ0v) is 21.3. The van der Waals surface area contributed by atoms with Gasteiger partial charge in [0.15, 0.2) is 0 Å². The lowest BCUT2D eigenvalue weighted by Crippen LogP contribution is -2.55. The Hall–Kier alpha value is -2.00. The monoisotopic (exact) mass is 484 g/mol. The molecule has 192 valence electrons. The van der Waals surface area contributed by atoms with E-state index in [4.69, 9.17) is 0 Å². The largest absolute Gasteiger partial charge is 0.391 e. The minimum atomic E-state index is -0.694. The Labute approximate surface area is 207 Å². The number of aliphatic hydroxyl groups is 1. The van der Waals surface area contributed by atoms with Gasteiger partial charge in [0.2, 0.25) is 11.8 Å². The summed E-state index contributed by atoms with van der Waals surface area (Å²) in [5, 5.41) is 22.4. The average molecular weight is 485 g/mol. The van der Waals surface area contributed by atoms with E-state index >= 15 is 0 Å². The number of hydrogen-bond acceptors (Lipinski definition) is 6. The number of amides is 2. The Morgan fingerprint density at radius 2 is 1.69 bits per heavy atom. The SMILES string of the molecule is CC(C)(C)[C@@H](C(=O)N1C[C@H](O)C[C@H]1C(=O)NC1CC2CCC(C1)N2C1CC1)n1cc(C2CC2)nn1. The molecule has 0 radical (unpaired) electrons. The number of aromatic nitrogens is 3. The minimum Gasteiger partial charge on any atom is -0.391 e. The predicted octanol–water partition coefficient (Wildman–Crippen LogP) is 1.98. The summed E-state index contributed by atoms with van der Waals surface area (Å²) < 4.78 is 1.68. The molecule has 3 saturated heterocycles. The Bertz CT molecular complexity index is 966. The zero-order valence-electron chi connectivity index (χ0n) is 21.3. The maximum absolute atomic E-state index is 13.9. The van der Waals surface area contributed by atoms with Crippen molar-refractivity contribution in [3.8, 4) is 0 Å². The van der Waals surface area contributed by atoms with Crippen molar-refractivity contribution in [2.75, 3.05) is 6.54 Å². The number of carbonyl (C=O) groups excluding carboxylic acids is 2. The molecule has 1 aromatic heterocycles. The van der Waals surface area contributed by atoms with Crippen molar-refractivity contribution < 1.29 is 14.7 Å². The molecule has 0 aromatic carbocycles. The molecule has 1 aromatic rings. The average Bonchev–Trinajstić information content (AvgIpc) is 3.71. The van der Waals surface area contributed by atoms with E-state index in [2.05, 4.69) is 20.5 Å². The van der Waals surface area contributed by atoms with Gasteiger partial charge in [0.05, 0.1) is 11.8 Å². The molecule has 5 fully saturated rings. The molecule has 2 unspecified atom stereocenters. The number of rotatable bonds is 6. The second-order valence-corrected chi connectivity index (χ2v) is 12.8. The highest BCUT2D eigenvalue weighted by molar-refractivity contribution is 5.90. The van der Waals surface area contributed by atoms with E-state index in [1.165, 1.54) is 25.7 Å². The van der Waals surface area contributed by atoms with Gasteiger partial charge in [0.1, 0.15) is 12.1 Å². The fourth-order valence-electron chi connectivity index (χ4n) is 6.92. The van der Waals surface area contributed by atoms with E-state index in [-0.39, 0.29) is 30.8 Å². The first kappa shape index (κ1) is 23.4. The van der Waals surface area contributed by atoms with E-state index in [0.29, 0.717) is 18.0 Å². The highest BCUT2D eigenvalue weighted by Crippen LogP contribution is 2.44. The molecule has 2 bridgehead atoms. The van der Waals surface area contributed by atoms with Gasteiger partial charge in [-0.15, -0.1) is 5.10 Å². The third kappa shape index (κ3) is 4.50. The summed E-state index contributed by atoms with van der Waals surface area (Å²) in [7, 11) is 0. The molecule has 5 aliphatic rings. The molecular formula is C26H40N6O3. The number of piperidine rings is 1. The molecule has 2 saturated carbocycles. The van der Waals surface area contributed by atoms with Crippen molar-refractivity contribution in [3.63, 3.8) is 0 Å². The fraction of sp³-hybridized carbons (Fsp3) is 0.846. The maximum Gasteiger partial charge on any atom is 0.248 e. The second-order valence-electron chi connectivity index (χ2n) is 12.8. The van der Waals surface area contributed by atoms with Crippen LogP contribution in [0.4, 0.5) is 0 Å². The van der Waals surface area contributed by atoms with Crippen LogP contribution in [-0.2, 0) is 9.59 Å². The highest BCUT2D eigenvalue weighted by atomic mass is 16.3. The Balaban J connectivity index is 1.16. The summed E-state index contributed by atoms with van der Waals surface area (Å²) in [6.07, 6.45) is 10.8. The summed E-state index contributed by atoms with van der Waals surface area (Å²) in [5.74, 6) is 0.169. The van der Waals surface area contributed by atoms with Gasteiger partial charge in [0.25, 0.3) is 0 Å². The van der Waals surface area contributed by atoms with Crippen molar-refractivity contribution in [1.29, 1.82) is 0 Å². The lowest BCUT2D eigenvalue weighted by Gasteiger charge is -2.40. The molecule has 2 N–H and O–H groups in total. The number of aliphatic hydroxyl groups excluding tert-OH is 1. The lowest BCUT2D eigenvalue weighted by atomic mass is 9.85. The molecule has 4 heterocycles. The van der Waals surface area contributed by atoms with Gasteiger partial charge in [0, 0.05) is 49.2 Å². The standard InChI is InChI=1S/C26H40N6O3/c1-26(2,3)23(31-14-21(28-29-31)15-4-5-15)25(35)30-13-20(33)12-22(30)24(34)27-16-10-18-8-9-19(11-16)32(18)17-6-7-17/h14-20,22-23,33H,4-13H2,1-3H3,(H,27,34)/t16?,18?,19?,20-,22+,23-/m1/s1. The molecule has 35 heavy (non-hydrogen) atoms. The maximum atomic E-state index is 13.9. The summed E-state index contributed by atoms with van der Waals surface area (Å²) in [6.45, 7) is 6.22. The van der Waals surface area contributed by atoms with E-state index in [9.17, 15) is 14.7 Å². The number of hydrogen-bond donors (Lipinski definition) is 2. The summed E-state index contributed by atoms with van der Waals surface area (Å²) >= 11 is 0. The smallest absolute Gasteiger partial charge is 0.248 e. The van der Waals surface area contributed by atoms with Gasteiger partial charge < -0.3 is 15.3 Å². The Morgan fingerprint density at radius 1 is 1.03 bits per heavy atom. The van der Waals surface area contributed by atoms with Crippen LogP contribution in [0, 0.1) is 5.41 Å². The van der Waals surface area contributed by atoms with Crippen molar-refractivity contribution >= 4 is 11.8 Å². The first-order valence-electron chi connectivity index (χ1n) is 13.7. The topological polar surface area (TPSA) is 104 Å². The Kier molecular flexibility index (Phi) is 5.71. The molecule has 0 spiro atoms. The van der Waals surface area contributed by atoms with Crippen molar-refractivity contribution in [1.82, 2.24) is 30.1 Å². The highest BCUT2D eigenvalue weighted by Gasteiger charge is 2.49. The van der Waals surface area contributed by atoms with Crippen LogP contribution in [0.3, 0.4) is 0 Å². The van der Waals surface area contributed by atoms with Gasteiger partial charge in [-0.05, 0) is 56.8 Å². The number of carbonyl (C=O) groups is 2. The third-order valence-corrected chi connectivity index (χ3v) is 8.81. The van der Waals surface area contributed by atoms with E-state index in [1.807, 2.05) is 27.0 Å². The lowest BCUT2D eigenvalue weighted by molar-refractivity contribution is -0.144. The molecule has 2 aliphatic carbocycles. The summed E-state index contributed by atoms with van der Waals surface area (Å²) in [5.41, 5.74) is 0.518. The van der Waals surface area contributed by atoms with Crippen LogP contribution in [-0.4, -0.2) is 84.6 Å². The Morgan fingerprint density at radius 3 is 2.29 bits per heavy atom. The number of likely N-dealkylation sites (tertiary alicyclic amines) is 1. The first-order valence-corrected chi connectivity index (χ1v) is 13.7. The van der Waals surface area contributed by atoms with Crippen molar-refractivity contribution in [2.45, 2.75) is 127 Å². The normalized spacial score (nSPS) is 34.3. The van der Waals surface area contributed by atoms with Gasteiger partial charge in [-0.2, -0.15) is 0 Å². The molecule has 9 nitrogen and oxygen atoms in total. The van der Waals surface area contributed by atoms with Crippen molar-refractivity contribution in [3.05, 3.63) is 11.9 Å². The molecule has 2 amide bonds. The minimum absolute atomic E-state index is 0.121. The quantitative estimate of drug-likeness (QED) is 0.640. The summed E-state index contributed by atoms with van der Waals surface area (Å²) in [6, 6.07) is 0.857. The van der Waals surface area contributed by atoms with Crippen LogP contribution in [0.2, 0.25) is 0 Å². The van der Waals surface area contributed by atoms with E-state index < -0.39 is 23.6 Å². The molecule has 9 heteroatoms.